The predicted molar refractivity (Wildman–Crippen MR) is 84.2 cm³/mol. The van der Waals surface area contributed by atoms with Crippen molar-refractivity contribution in [3.05, 3.63) is 29.8 Å². The number of nitrogens with zero attached hydrogens (tertiary/aromatic N) is 1. The Labute approximate surface area is 139 Å². The first kappa shape index (κ1) is 17.1. The number of carbonyl (C=O) groups is 1. The molecule has 24 heavy (non-hydrogen) atoms. The normalized spacial score (nSPS) is 25.2. The number of carbonyl (C=O) groups excluding carboxylic acids is 1. The Morgan fingerprint density at radius 2 is 2.08 bits per heavy atom. The van der Waals surface area contributed by atoms with Gasteiger partial charge >= 0.3 is 6.61 Å². The van der Waals surface area contributed by atoms with Crippen molar-refractivity contribution in [1.29, 1.82) is 0 Å². The third kappa shape index (κ3) is 3.82. The van der Waals surface area contributed by atoms with Gasteiger partial charge in [-0.25, -0.2) is 5.43 Å². The van der Waals surface area contributed by atoms with Gasteiger partial charge in [0.25, 0.3) is 0 Å². The van der Waals surface area contributed by atoms with Gasteiger partial charge in [-0.05, 0) is 30.5 Å². The first-order valence-corrected chi connectivity index (χ1v) is 8.12. The second kappa shape index (κ2) is 7.42. The molecule has 0 aliphatic carbocycles. The quantitative estimate of drug-likeness (QED) is 0.762. The molecule has 132 valence electrons. The third-order valence-electron chi connectivity index (χ3n) is 4.59. The van der Waals surface area contributed by atoms with E-state index in [2.05, 4.69) is 15.6 Å². The molecule has 0 saturated carbocycles. The number of nitrogens with two attached hydrogens (primary N) is 1. The van der Waals surface area contributed by atoms with Gasteiger partial charge in [0.1, 0.15) is 5.75 Å². The lowest BCUT2D eigenvalue weighted by atomic mass is 9.92. The summed E-state index contributed by atoms with van der Waals surface area (Å²) in [6.07, 6.45) is 1.61. The number of benzene rings is 1. The molecule has 2 aliphatic rings. The summed E-state index contributed by atoms with van der Waals surface area (Å²) in [5, 5.41) is 0. The lowest BCUT2D eigenvalue weighted by Gasteiger charge is -2.33. The fraction of sp³-hybridized carbons (Fsp3) is 0.562. The number of alkyl halides is 2. The van der Waals surface area contributed by atoms with E-state index >= 15 is 0 Å². The fourth-order valence-corrected chi connectivity index (χ4v) is 3.28. The van der Waals surface area contributed by atoms with E-state index in [9.17, 15) is 13.6 Å². The van der Waals surface area contributed by atoms with Crippen molar-refractivity contribution in [3.63, 3.8) is 0 Å². The van der Waals surface area contributed by atoms with E-state index in [0.29, 0.717) is 19.6 Å². The van der Waals surface area contributed by atoms with Gasteiger partial charge in [0, 0.05) is 25.7 Å². The minimum atomic E-state index is -2.87. The Bertz CT molecular complexity index is 579. The van der Waals surface area contributed by atoms with Crippen molar-refractivity contribution in [2.24, 2.45) is 11.7 Å². The lowest BCUT2D eigenvalue weighted by Crippen LogP contribution is -2.46. The SMILES string of the molecule is NC1CCN(C(=O)C2CNNC2c2cccc(OC(F)F)c2)CC1. The second-order valence-corrected chi connectivity index (χ2v) is 6.22. The van der Waals surface area contributed by atoms with Crippen molar-refractivity contribution in [1.82, 2.24) is 15.8 Å². The number of hydrogen-bond acceptors (Lipinski definition) is 5. The number of likely N-dealkylation sites (tertiary alicyclic amines) is 1. The largest absolute Gasteiger partial charge is 0.435 e. The van der Waals surface area contributed by atoms with Crippen LogP contribution in [-0.4, -0.2) is 43.1 Å². The number of piperidine rings is 1. The molecule has 1 aromatic rings. The van der Waals surface area contributed by atoms with Gasteiger partial charge in [-0.15, -0.1) is 0 Å². The summed E-state index contributed by atoms with van der Waals surface area (Å²) in [6.45, 7) is -1.05. The molecule has 0 aromatic heterocycles. The molecule has 0 bridgehead atoms. The number of amides is 1. The molecular weight excluding hydrogens is 318 g/mol. The van der Waals surface area contributed by atoms with Gasteiger partial charge in [0.05, 0.1) is 12.0 Å². The molecule has 6 nitrogen and oxygen atoms in total. The van der Waals surface area contributed by atoms with E-state index in [1.54, 1.807) is 18.2 Å². The van der Waals surface area contributed by atoms with Gasteiger partial charge in [-0.1, -0.05) is 12.1 Å². The van der Waals surface area contributed by atoms with Crippen LogP contribution in [0.2, 0.25) is 0 Å². The second-order valence-electron chi connectivity index (χ2n) is 6.22. The molecule has 2 heterocycles. The first-order chi connectivity index (χ1) is 11.5. The molecule has 8 heteroatoms. The van der Waals surface area contributed by atoms with Crippen molar-refractivity contribution in [3.8, 4) is 5.75 Å². The van der Waals surface area contributed by atoms with Gasteiger partial charge in [0.2, 0.25) is 5.91 Å². The minimum absolute atomic E-state index is 0.0598. The Morgan fingerprint density at radius 1 is 1.33 bits per heavy atom. The number of hydrogen-bond donors (Lipinski definition) is 3. The van der Waals surface area contributed by atoms with E-state index in [0.717, 1.165) is 18.4 Å². The van der Waals surface area contributed by atoms with Crippen LogP contribution in [0, 0.1) is 5.92 Å². The van der Waals surface area contributed by atoms with Crippen LogP contribution in [0.15, 0.2) is 24.3 Å². The molecule has 1 amide bonds. The van der Waals surface area contributed by atoms with Crippen LogP contribution < -0.4 is 21.3 Å². The summed E-state index contributed by atoms with van der Waals surface area (Å²) in [5.41, 5.74) is 12.7. The standard InChI is InChI=1S/C16H22F2N4O2/c17-16(18)24-12-3-1-2-10(8-12)14-13(9-20-21-14)15(23)22-6-4-11(19)5-7-22/h1-3,8,11,13-14,16,20-21H,4-7,9,19H2. The maximum atomic E-state index is 12.8. The third-order valence-corrected chi connectivity index (χ3v) is 4.59. The summed E-state index contributed by atoms with van der Waals surface area (Å²) in [6, 6.07) is 6.34. The average molecular weight is 340 g/mol. The van der Waals surface area contributed by atoms with Crippen LogP contribution >= 0.6 is 0 Å². The number of hydrazine groups is 1. The van der Waals surface area contributed by atoms with Crippen LogP contribution in [0.3, 0.4) is 0 Å². The molecule has 1 aromatic carbocycles. The van der Waals surface area contributed by atoms with Crippen molar-refractivity contribution >= 4 is 5.91 Å². The Morgan fingerprint density at radius 3 is 2.79 bits per heavy atom. The molecule has 2 aliphatic heterocycles. The van der Waals surface area contributed by atoms with Crippen molar-refractivity contribution in [2.45, 2.75) is 31.5 Å². The van der Waals surface area contributed by atoms with Gasteiger partial charge in [-0.3, -0.25) is 10.2 Å². The van der Waals surface area contributed by atoms with Crippen LogP contribution in [0.1, 0.15) is 24.4 Å². The summed E-state index contributed by atoms with van der Waals surface area (Å²) in [5.74, 6) is -0.142. The number of nitrogens with one attached hydrogen (secondary N) is 2. The number of halogens is 2. The highest BCUT2D eigenvalue weighted by Gasteiger charge is 2.37. The summed E-state index contributed by atoms with van der Waals surface area (Å²) < 4.78 is 29.2. The van der Waals surface area contributed by atoms with E-state index < -0.39 is 6.61 Å². The smallest absolute Gasteiger partial charge is 0.387 e. The molecule has 2 saturated heterocycles. The molecule has 2 fully saturated rings. The van der Waals surface area contributed by atoms with E-state index in [4.69, 9.17) is 5.73 Å². The van der Waals surface area contributed by atoms with Crippen molar-refractivity contribution in [2.75, 3.05) is 19.6 Å². The van der Waals surface area contributed by atoms with E-state index in [-0.39, 0.29) is 29.7 Å². The average Bonchev–Trinajstić information content (AvgIpc) is 3.04. The van der Waals surface area contributed by atoms with Crippen LogP contribution in [0.4, 0.5) is 8.78 Å². The Kier molecular flexibility index (Phi) is 5.27. The number of ether oxygens (including phenoxy) is 1. The lowest BCUT2D eigenvalue weighted by molar-refractivity contribution is -0.136. The van der Waals surface area contributed by atoms with Crippen molar-refractivity contribution < 1.29 is 18.3 Å². The molecule has 2 unspecified atom stereocenters. The zero-order chi connectivity index (χ0) is 17.1. The molecule has 2 atom stereocenters. The molecular formula is C16H22F2N4O2. The molecule has 3 rings (SSSR count). The molecule has 0 spiro atoms. The summed E-state index contributed by atoms with van der Waals surface area (Å²) in [7, 11) is 0. The highest BCUT2D eigenvalue weighted by Crippen LogP contribution is 2.30. The minimum Gasteiger partial charge on any atom is -0.435 e. The van der Waals surface area contributed by atoms with Crippen LogP contribution in [0.25, 0.3) is 0 Å². The zero-order valence-corrected chi connectivity index (χ0v) is 13.3. The Hall–Kier alpha value is -1.77. The topological polar surface area (TPSA) is 79.6 Å². The van der Waals surface area contributed by atoms with E-state index in [1.165, 1.54) is 6.07 Å². The van der Waals surface area contributed by atoms with Gasteiger partial charge < -0.3 is 15.4 Å². The maximum absolute atomic E-state index is 12.8. The first-order valence-electron chi connectivity index (χ1n) is 8.12. The summed E-state index contributed by atoms with van der Waals surface area (Å²) >= 11 is 0. The zero-order valence-electron chi connectivity index (χ0n) is 13.3. The van der Waals surface area contributed by atoms with Gasteiger partial charge in [-0.2, -0.15) is 8.78 Å². The Balaban J connectivity index is 1.72. The van der Waals surface area contributed by atoms with E-state index in [1.807, 2.05) is 4.90 Å². The summed E-state index contributed by atoms with van der Waals surface area (Å²) in [4.78, 5) is 14.6. The van der Waals surface area contributed by atoms with Crippen LogP contribution in [-0.2, 0) is 4.79 Å². The number of rotatable bonds is 4. The van der Waals surface area contributed by atoms with Gasteiger partial charge in [0.15, 0.2) is 0 Å². The molecule has 0 radical (unpaired) electrons. The van der Waals surface area contributed by atoms with Crippen LogP contribution in [0.5, 0.6) is 5.75 Å². The molecule has 4 N–H and O–H groups in total. The predicted octanol–water partition coefficient (Wildman–Crippen LogP) is 1.00. The maximum Gasteiger partial charge on any atom is 0.387 e. The monoisotopic (exact) mass is 340 g/mol. The fourth-order valence-electron chi connectivity index (χ4n) is 3.28. The highest BCUT2D eigenvalue weighted by atomic mass is 19.3. The highest BCUT2D eigenvalue weighted by molar-refractivity contribution is 5.80.